The molecule has 0 bridgehead atoms. The van der Waals surface area contributed by atoms with E-state index in [2.05, 4.69) is 10.5 Å². The van der Waals surface area contributed by atoms with Gasteiger partial charge < -0.3 is 4.57 Å². The molecule has 1 N–H and O–H groups in total. The number of nitrogens with one attached hydrogen (secondary N) is 1. The molecule has 3 aromatic carbocycles. The van der Waals surface area contributed by atoms with Crippen molar-refractivity contribution in [2.45, 2.75) is 18.7 Å². The van der Waals surface area contributed by atoms with E-state index in [0.717, 1.165) is 33.5 Å². The molecule has 1 amide bonds. The Morgan fingerprint density at radius 3 is 2.30 bits per heavy atom. The molecule has 0 atom stereocenters. The van der Waals surface area contributed by atoms with Crippen LogP contribution in [-0.2, 0) is 14.8 Å². The van der Waals surface area contributed by atoms with Gasteiger partial charge in [0.15, 0.2) is 4.90 Å². The summed E-state index contributed by atoms with van der Waals surface area (Å²) < 4.78 is 29.8. The van der Waals surface area contributed by atoms with Crippen LogP contribution < -0.4 is 9.73 Å². The quantitative estimate of drug-likeness (QED) is 0.151. The number of nitro groups is 1. The molecule has 10 nitrogen and oxygen atoms in total. The van der Waals surface area contributed by atoms with Gasteiger partial charge in [-0.1, -0.05) is 53.5 Å². The minimum atomic E-state index is -4.49. The zero-order chi connectivity index (χ0) is 29.0. The van der Waals surface area contributed by atoms with E-state index in [1.165, 1.54) is 30.5 Å². The zero-order valence-electron chi connectivity index (χ0n) is 21.3. The zero-order valence-corrected chi connectivity index (χ0v) is 23.6. The van der Waals surface area contributed by atoms with Gasteiger partial charge in [-0.05, 0) is 56.3 Å². The van der Waals surface area contributed by atoms with Gasteiger partial charge in [0.25, 0.3) is 21.6 Å². The third-order valence-corrected chi connectivity index (χ3v) is 8.19. The van der Waals surface area contributed by atoms with E-state index in [1.807, 2.05) is 24.5 Å². The summed E-state index contributed by atoms with van der Waals surface area (Å²) in [5.74, 6) is -0.752. The number of nitro benzene ring substituents is 1. The summed E-state index contributed by atoms with van der Waals surface area (Å²) in [4.78, 5) is 23.1. The Morgan fingerprint density at radius 2 is 1.65 bits per heavy atom. The number of halogens is 2. The molecule has 206 valence electrons. The van der Waals surface area contributed by atoms with Gasteiger partial charge in [0.05, 0.1) is 16.8 Å². The van der Waals surface area contributed by atoms with Crippen LogP contribution >= 0.6 is 23.2 Å². The number of hydrazone groups is 1. The first-order valence-corrected chi connectivity index (χ1v) is 14.0. The monoisotopic (exact) mass is 599 g/mol. The van der Waals surface area contributed by atoms with Crippen LogP contribution in [-0.4, -0.2) is 36.6 Å². The number of carbonyl (C=O) groups is 1. The number of sulfonamides is 1. The number of benzene rings is 3. The van der Waals surface area contributed by atoms with Crippen molar-refractivity contribution in [1.82, 2.24) is 9.99 Å². The summed E-state index contributed by atoms with van der Waals surface area (Å²) in [5, 5.41) is 16.5. The molecule has 0 unspecified atom stereocenters. The molecule has 0 aliphatic rings. The second-order valence-electron chi connectivity index (χ2n) is 8.65. The largest absolute Gasteiger partial charge is 0.318 e. The van der Waals surface area contributed by atoms with Crippen molar-refractivity contribution < 1.29 is 18.1 Å². The molecular formula is C27H23Cl2N5O5S. The summed E-state index contributed by atoms with van der Waals surface area (Å²) in [6.07, 6.45) is 1.44. The molecule has 4 rings (SSSR count). The van der Waals surface area contributed by atoms with E-state index in [1.54, 1.807) is 36.4 Å². The topological polar surface area (TPSA) is 127 Å². The lowest BCUT2D eigenvalue weighted by Crippen LogP contribution is -2.39. The number of aromatic nitrogens is 1. The lowest BCUT2D eigenvalue weighted by Gasteiger charge is -2.23. The van der Waals surface area contributed by atoms with Crippen LogP contribution in [0.1, 0.15) is 17.0 Å². The molecular weight excluding hydrogens is 577 g/mol. The van der Waals surface area contributed by atoms with Crippen molar-refractivity contribution in [3.8, 4) is 5.69 Å². The van der Waals surface area contributed by atoms with Gasteiger partial charge in [-0.25, -0.2) is 13.8 Å². The first kappa shape index (κ1) is 28.8. The fourth-order valence-corrected chi connectivity index (χ4v) is 6.27. The normalized spacial score (nSPS) is 11.5. The predicted octanol–water partition coefficient (Wildman–Crippen LogP) is 5.65. The molecule has 0 spiro atoms. The molecule has 0 saturated heterocycles. The highest BCUT2D eigenvalue weighted by Crippen LogP contribution is 2.30. The first-order valence-electron chi connectivity index (χ1n) is 11.8. The number of hydrogen-bond acceptors (Lipinski definition) is 6. The third kappa shape index (κ3) is 6.17. The number of hydrogen-bond donors (Lipinski definition) is 1. The molecule has 0 saturated carbocycles. The van der Waals surface area contributed by atoms with Gasteiger partial charge in [0, 0.05) is 38.8 Å². The number of para-hydroxylation sites is 2. The van der Waals surface area contributed by atoms with Crippen molar-refractivity contribution in [2.75, 3.05) is 10.8 Å². The molecule has 0 aliphatic heterocycles. The van der Waals surface area contributed by atoms with Crippen LogP contribution in [0.3, 0.4) is 0 Å². The standard InChI is InChI=1S/C27H23Cl2N5O5S/c1-18-12-20(19(2)33(18)24-14-21(28)13-22(29)15-24)16-30-31-27(35)17-32(23-8-4-3-5-9-23)40(38,39)26-11-7-6-10-25(26)34(36)37/h3-16H,17H2,1-2H3,(H,31,35)/b30-16+. The Kier molecular flexibility index (Phi) is 8.58. The lowest BCUT2D eigenvalue weighted by atomic mass is 10.2. The molecule has 4 aromatic rings. The maximum atomic E-state index is 13.5. The Labute approximate surface area is 240 Å². The van der Waals surface area contributed by atoms with Crippen LogP contribution in [0.4, 0.5) is 11.4 Å². The predicted molar refractivity (Wildman–Crippen MR) is 155 cm³/mol. The van der Waals surface area contributed by atoms with Gasteiger partial charge in [-0.3, -0.25) is 19.2 Å². The molecule has 0 fully saturated rings. The third-order valence-electron chi connectivity index (χ3n) is 5.93. The molecule has 1 aromatic heterocycles. The summed E-state index contributed by atoms with van der Waals surface area (Å²) in [5.41, 5.74) is 5.03. The van der Waals surface area contributed by atoms with Crippen molar-refractivity contribution in [3.05, 3.63) is 116 Å². The second kappa shape index (κ2) is 11.9. The number of nitrogens with zero attached hydrogens (tertiary/aromatic N) is 4. The Bertz CT molecular complexity index is 1700. The lowest BCUT2D eigenvalue weighted by molar-refractivity contribution is -0.387. The van der Waals surface area contributed by atoms with Gasteiger partial charge in [-0.2, -0.15) is 5.10 Å². The van der Waals surface area contributed by atoms with E-state index in [0.29, 0.717) is 15.6 Å². The molecule has 0 radical (unpaired) electrons. The van der Waals surface area contributed by atoms with Gasteiger partial charge in [0.1, 0.15) is 6.54 Å². The average molecular weight is 600 g/mol. The number of amides is 1. The smallest absolute Gasteiger partial charge is 0.289 e. The highest BCUT2D eigenvalue weighted by Gasteiger charge is 2.33. The first-order chi connectivity index (χ1) is 19.0. The minimum Gasteiger partial charge on any atom is -0.318 e. The van der Waals surface area contributed by atoms with Gasteiger partial charge in [0.2, 0.25) is 0 Å². The summed E-state index contributed by atoms with van der Waals surface area (Å²) in [7, 11) is -4.49. The Balaban J connectivity index is 1.58. The maximum absolute atomic E-state index is 13.5. The van der Waals surface area contributed by atoms with Crippen LogP contribution in [0.2, 0.25) is 10.0 Å². The van der Waals surface area contributed by atoms with E-state index < -0.39 is 38.0 Å². The minimum absolute atomic E-state index is 0.156. The SMILES string of the molecule is Cc1cc(/C=N/NC(=O)CN(c2ccccc2)S(=O)(=O)c2ccccc2[N+](=O)[O-])c(C)n1-c1cc(Cl)cc(Cl)c1. The number of aryl methyl sites for hydroxylation is 1. The second-order valence-corrected chi connectivity index (χ2v) is 11.4. The van der Waals surface area contributed by atoms with Crippen LogP contribution in [0.15, 0.2) is 88.9 Å². The number of carbonyl (C=O) groups excluding carboxylic acids is 1. The van der Waals surface area contributed by atoms with E-state index in [-0.39, 0.29) is 5.69 Å². The van der Waals surface area contributed by atoms with Gasteiger partial charge >= 0.3 is 0 Å². The number of rotatable bonds is 9. The molecule has 13 heteroatoms. The Hall–Kier alpha value is -4.19. The highest BCUT2D eigenvalue weighted by molar-refractivity contribution is 7.93. The summed E-state index contributed by atoms with van der Waals surface area (Å²) in [6.45, 7) is 3.08. The molecule has 40 heavy (non-hydrogen) atoms. The van der Waals surface area contributed by atoms with Crippen LogP contribution in [0.5, 0.6) is 0 Å². The number of anilines is 1. The van der Waals surface area contributed by atoms with Crippen LogP contribution in [0, 0.1) is 24.0 Å². The molecule has 1 heterocycles. The van der Waals surface area contributed by atoms with E-state index in [9.17, 15) is 23.3 Å². The van der Waals surface area contributed by atoms with Gasteiger partial charge in [-0.15, -0.1) is 0 Å². The Morgan fingerprint density at radius 1 is 1.02 bits per heavy atom. The molecule has 0 aliphatic carbocycles. The average Bonchev–Trinajstić information content (AvgIpc) is 3.19. The highest BCUT2D eigenvalue weighted by atomic mass is 35.5. The fraction of sp³-hybridized carbons (Fsp3) is 0.111. The van der Waals surface area contributed by atoms with Crippen molar-refractivity contribution >= 4 is 56.7 Å². The van der Waals surface area contributed by atoms with Crippen LogP contribution in [0.25, 0.3) is 5.69 Å². The summed E-state index contributed by atoms with van der Waals surface area (Å²) >= 11 is 12.3. The fourth-order valence-electron chi connectivity index (χ4n) is 4.18. The van der Waals surface area contributed by atoms with E-state index >= 15 is 0 Å². The van der Waals surface area contributed by atoms with Crippen molar-refractivity contribution in [2.24, 2.45) is 5.10 Å². The maximum Gasteiger partial charge on any atom is 0.289 e. The van der Waals surface area contributed by atoms with Crippen molar-refractivity contribution in [3.63, 3.8) is 0 Å². The van der Waals surface area contributed by atoms with E-state index in [4.69, 9.17) is 23.2 Å². The summed E-state index contributed by atoms with van der Waals surface area (Å²) in [6, 6.07) is 19.8. The van der Waals surface area contributed by atoms with Crippen molar-refractivity contribution in [1.29, 1.82) is 0 Å².